The predicted molar refractivity (Wildman–Crippen MR) is 61.0 cm³/mol. The summed E-state index contributed by atoms with van der Waals surface area (Å²) in [5, 5.41) is 3.62. The van der Waals surface area contributed by atoms with Gasteiger partial charge in [-0.05, 0) is 31.7 Å². The Morgan fingerprint density at radius 1 is 1.08 bits per heavy atom. The van der Waals surface area contributed by atoms with Crippen LogP contribution in [0.4, 0.5) is 0 Å². The summed E-state index contributed by atoms with van der Waals surface area (Å²) in [5.74, 6) is 1.63. The molecule has 0 amide bonds. The highest BCUT2D eigenvalue weighted by Gasteiger charge is 2.10. The molecule has 0 aromatic carbocycles. The first-order valence-corrected chi connectivity index (χ1v) is 5.85. The van der Waals surface area contributed by atoms with E-state index in [2.05, 4.69) is 39.9 Å². The van der Waals surface area contributed by atoms with Crippen LogP contribution in [-0.2, 0) is 0 Å². The lowest BCUT2D eigenvalue weighted by Crippen LogP contribution is -2.34. The van der Waals surface area contributed by atoms with E-state index in [0.29, 0.717) is 6.04 Å². The number of hydrogen-bond acceptors (Lipinski definition) is 1. The van der Waals surface area contributed by atoms with Crippen molar-refractivity contribution in [3.05, 3.63) is 0 Å². The van der Waals surface area contributed by atoms with E-state index in [0.717, 1.165) is 11.8 Å². The Bertz CT molecular complexity index is 112. The predicted octanol–water partition coefficient (Wildman–Crippen LogP) is 3.45. The molecule has 80 valence electrons. The highest BCUT2D eigenvalue weighted by Crippen LogP contribution is 2.08. The van der Waals surface area contributed by atoms with Gasteiger partial charge in [0.25, 0.3) is 0 Å². The molecule has 0 radical (unpaired) electrons. The Balaban J connectivity index is 3.50. The van der Waals surface area contributed by atoms with E-state index in [1.165, 1.54) is 25.8 Å². The average Bonchev–Trinajstić information content (AvgIpc) is 2.13. The van der Waals surface area contributed by atoms with Crippen molar-refractivity contribution in [3.63, 3.8) is 0 Å². The molecule has 1 nitrogen and oxygen atoms in total. The van der Waals surface area contributed by atoms with Crippen molar-refractivity contribution in [1.29, 1.82) is 0 Å². The van der Waals surface area contributed by atoms with Crippen molar-refractivity contribution >= 4 is 0 Å². The van der Waals surface area contributed by atoms with Gasteiger partial charge >= 0.3 is 0 Å². The molecule has 0 saturated heterocycles. The smallest absolute Gasteiger partial charge is 0.00643 e. The van der Waals surface area contributed by atoms with Crippen molar-refractivity contribution in [2.75, 3.05) is 6.54 Å². The Hall–Kier alpha value is -0.0400. The minimum absolute atomic E-state index is 0.671. The summed E-state index contributed by atoms with van der Waals surface area (Å²) >= 11 is 0. The third-order valence-electron chi connectivity index (χ3n) is 3.07. The number of hydrogen-bond donors (Lipinski definition) is 1. The van der Waals surface area contributed by atoms with Gasteiger partial charge in [-0.1, -0.05) is 40.5 Å². The number of rotatable bonds is 7. The maximum atomic E-state index is 3.62. The minimum Gasteiger partial charge on any atom is -0.314 e. The maximum absolute atomic E-state index is 3.62. The highest BCUT2D eigenvalue weighted by atomic mass is 14.9. The largest absolute Gasteiger partial charge is 0.314 e. The van der Waals surface area contributed by atoms with E-state index in [-0.39, 0.29) is 0 Å². The summed E-state index contributed by atoms with van der Waals surface area (Å²) in [6, 6.07) is 0.671. The van der Waals surface area contributed by atoms with Gasteiger partial charge in [-0.15, -0.1) is 0 Å². The monoisotopic (exact) mass is 185 g/mol. The second kappa shape index (κ2) is 7.37. The molecule has 0 aromatic rings. The summed E-state index contributed by atoms with van der Waals surface area (Å²) in [6.45, 7) is 12.7. The van der Waals surface area contributed by atoms with Gasteiger partial charge < -0.3 is 5.32 Å². The van der Waals surface area contributed by atoms with E-state index in [4.69, 9.17) is 0 Å². The molecule has 0 aliphatic carbocycles. The van der Waals surface area contributed by atoms with Crippen LogP contribution >= 0.6 is 0 Å². The molecule has 0 fully saturated rings. The lowest BCUT2D eigenvalue weighted by Gasteiger charge is -2.22. The summed E-state index contributed by atoms with van der Waals surface area (Å²) in [6.07, 6.45) is 3.93. The molecule has 0 bridgehead atoms. The maximum Gasteiger partial charge on any atom is 0.00643 e. The fourth-order valence-electron chi connectivity index (χ4n) is 1.54. The van der Waals surface area contributed by atoms with Crippen LogP contribution in [-0.4, -0.2) is 12.6 Å². The van der Waals surface area contributed by atoms with Crippen molar-refractivity contribution in [1.82, 2.24) is 5.32 Å². The van der Waals surface area contributed by atoms with Gasteiger partial charge in [0.2, 0.25) is 0 Å². The molecule has 0 rings (SSSR count). The molecule has 13 heavy (non-hydrogen) atoms. The summed E-state index contributed by atoms with van der Waals surface area (Å²) in [4.78, 5) is 0. The second-order valence-electron chi connectivity index (χ2n) is 4.48. The van der Waals surface area contributed by atoms with Crippen LogP contribution in [0.1, 0.15) is 53.9 Å². The molecule has 1 N–H and O–H groups in total. The summed E-state index contributed by atoms with van der Waals surface area (Å²) in [5.41, 5.74) is 0. The van der Waals surface area contributed by atoms with Crippen LogP contribution in [0, 0.1) is 11.8 Å². The normalized spacial score (nSPS) is 18.2. The van der Waals surface area contributed by atoms with Crippen molar-refractivity contribution in [2.45, 2.75) is 59.9 Å². The Labute approximate surface area is 84.3 Å². The fourth-order valence-corrected chi connectivity index (χ4v) is 1.54. The summed E-state index contributed by atoms with van der Waals surface area (Å²) in [7, 11) is 0. The molecule has 0 aliphatic heterocycles. The van der Waals surface area contributed by atoms with Crippen LogP contribution in [0.3, 0.4) is 0 Å². The van der Waals surface area contributed by atoms with Crippen molar-refractivity contribution in [2.24, 2.45) is 11.8 Å². The zero-order valence-corrected chi connectivity index (χ0v) is 10.1. The average molecular weight is 185 g/mol. The second-order valence-corrected chi connectivity index (χ2v) is 4.48. The summed E-state index contributed by atoms with van der Waals surface area (Å²) < 4.78 is 0. The molecule has 0 heterocycles. The van der Waals surface area contributed by atoms with E-state index < -0.39 is 0 Å². The van der Waals surface area contributed by atoms with Crippen LogP contribution in [0.15, 0.2) is 0 Å². The Morgan fingerprint density at radius 2 is 1.69 bits per heavy atom. The molecule has 0 aromatic heterocycles. The molecular formula is C12H27N. The highest BCUT2D eigenvalue weighted by molar-refractivity contribution is 4.68. The van der Waals surface area contributed by atoms with E-state index in [1.807, 2.05) is 0 Å². The molecule has 0 aliphatic rings. The van der Waals surface area contributed by atoms with Gasteiger partial charge in [-0.25, -0.2) is 0 Å². The standard InChI is InChI=1S/C12H27N/c1-6-8-10(3)9-13-12(5)11(4)7-2/h10-13H,6-9H2,1-5H3. The molecule has 1 heteroatoms. The first kappa shape index (κ1) is 13.0. The zero-order chi connectivity index (χ0) is 10.3. The zero-order valence-electron chi connectivity index (χ0n) is 10.1. The molecular weight excluding hydrogens is 158 g/mol. The van der Waals surface area contributed by atoms with Gasteiger partial charge in [0.15, 0.2) is 0 Å². The van der Waals surface area contributed by atoms with Crippen LogP contribution in [0.25, 0.3) is 0 Å². The first-order valence-electron chi connectivity index (χ1n) is 5.85. The van der Waals surface area contributed by atoms with Crippen molar-refractivity contribution < 1.29 is 0 Å². The van der Waals surface area contributed by atoms with E-state index in [9.17, 15) is 0 Å². The van der Waals surface area contributed by atoms with E-state index >= 15 is 0 Å². The van der Waals surface area contributed by atoms with E-state index in [1.54, 1.807) is 0 Å². The minimum atomic E-state index is 0.671. The lowest BCUT2D eigenvalue weighted by molar-refractivity contribution is 0.358. The molecule has 0 saturated carbocycles. The fraction of sp³-hybridized carbons (Fsp3) is 1.00. The van der Waals surface area contributed by atoms with Gasteiger partial charge in [-0.2, -0.15) is 0 Å². The van der Waals surface area contributed by atoms with Gasteiger partial charge in [0.05, 0.1) is 0 Å². The quantitative estimate of drug-likeness (QED) is 0.640. The van der Waals surface area contributed by atoms with Gasteiger partial charge in [-0.3, -0.25) is 0 Å². The Morgan fingerprint density at radius 3 is 2.15 bits per heavy atom. The first-order chi connectivity index (χ1) is 6.11. The molecule has 3 unspecified atom stereocenters. The molecule has 0 spiro atoms. The topological polar surface area (TPSA) is 12.0 Å². The number of nitrogens with one attached hydrogen (secondary N) is 1. The third-order valence-corrected chi connectivity index (χ3v) is 3.07. The third kappa shape index (κ3) is 6.09. The SMILES string of the molecule is CCCC(C)CNC(C)C(C)CC. The molecule has 3 atom stereocenters. The van der Waals surface area contributed by atoms with Crippen molar-refractivity contribution in [3.8, 4) is 0 Å². The van der Waals surface area contributed by atoms with Crippen LogP contribution in [0.2, 0.25) is 0 Å². The Kier molecular flexibility index (Phi) is 7.35. The van der Waals surface area contributed by atoms with Crippen LogP contribution < -0.4 is 5.32 Å². The van der Waals surface area contributed by atoms with Gasteiger partial charge in [0, 0.05) is 6.04 Å². The van der Waals surface area contributed by atoms with Crippen LogP contribution in [0.5, 0.6) is 0 Å². The lowest BCUT2D eigenvalue weighted by atomic mass is 9.99. The van der Waals surface area contributed by atoms with Gasteiger partial charge in [0.1, 0.15) is 0 Å².